The molecule has 0 bridgehead atoms. The number of amides is 2. The first-order chi connectivity index (χ1) is 15.8. The topological polar surface area (TPSA) is 66.4 Å². The molecule has 176 valence electrons. The van der Waals surface area contributed by atoms with Gasteiger partial charge in [0.2, 0.25) is 11.8 Å². The molecule has 2 atom stereocenters. The third-order valence-electron chi connectivity index (χ3n) is 7.27. The molecule has 1 aromatic heterocycles. The van der Waals surface area contributed by atoms with Gasteiger partial charge in [0.1, 0.15) is 5.82 Å². The zero-order valence-electron chi connectivity index (χ0n) is 20.4. The van der Waals surface area contributed by atoms with Gasteiger partial charge < -0.3 is 9.80 Å². The third kappa shape index (κ3) is 5.26. The summed E-state index contributed by atoms with van der Waals surface area (Å²) in [5.74, 6) is 1.13. The molecule has 2 aliphatic rings. The van der Waals surface area contributed by atoms with Gasteiger partial charge in [-0.25, -0.2) is 9.97 Å². The quantitative estimate of drug-likeness (QED) is 0.691. The molecule has 2 aromatic rings. The number of piperidine rings is 1. The monoisotopic (exact) mass is 448 g/mol. The smallest absolute Gasteiger partial charge is 0.229 e. The van der Waals surface area contributed by atoms with Crippen molar-refractivity contribution in [2.24, 2.45) is 0 Å². The Labute approximate surface area is 197 Å². The van der Waals surface area contributed by atoms with E-state index in [4.69, 9.17) is 9.97 Å². The van der Waals surface area contributed by atoms with Gasteiger partial charge in [0.25, 0.3) is 0 Å². The van der Waals surface area contributed by atoms with Gasteiger partial charge in [-0.1, -0.05) is 29.8 Å². The number of carbonyl (C=O) groups is 2. The number of aryl methyl sites for hydroxylation is 3. The minimum atomic E-state index is -0.160. The number of carbonyl (C=O) groups excluding carboxylic acids is 2. The summed E-state index contributed by atoms with van der Waals surface area (Å²) in [6, 6.07) is 8.23. The van der Waals surface area contributed by atoms with Crippen LogP contribution in [-0.2, 0) is 16.0 Å². The van der Waals surface area contributed by atoms with Crippen LogP contribution in [0.3, 0.4) is 0 Å². The van der Waals surface area contributed by atoms with Gasteiger partial charge >= 0.3 is 0 Å². The van der Waals surface area contributed by atoms with Crippen LogP contribution in [0.4, 0.5) is 0 Å². The minimum absolute atomic E-state index is 0.133. The molecule has 0 N–H and O–H groups in total. The first kappa shape index (κ1) is 23.4. The van der Waals surface area contributed by atoms with E-state index < -0.39 is 0 Å². The van der Waals surface area contributed by atoms with Crippen molar-refractivity contribution in [2.45, 2.75) is 71.6 Å². The molecule has 0 aliphatic carbocycles. The second-order valence-electron chi connectivity index (χ2n) is 9.75. The molecule has 0 unspecified atom stereocenters. The van der Waals surface area contributed by atoms with Crippen LogP contribution >= 0.6 is 0 Å². The van der Waals surface area contributed by atoms with Gasteiger partial charge in [0.15, 0.2) is 0 Å². The molecule has 4 rings (SSSR count). The molecule has 0 saturated carbocycles. The second-order valence-corrected chi connectivity index (χ2v) is 9.75. The fraction of sp³-hybridized carbons (Fsp3) is 0.556. The SMILES string of the molecule is Cc1ccc([C@@H](C)C(=O)N2CCC[C@@H](c3nc(C)c(CC(=O)N4CCCC4)c(C)n3)C2)cc1. The normalized spacial score (nSPS) is 19.6. The molecule has 6 nitrogen and oxygen atoms in total. The highest BCUT2D eigenvalue weighted by molar-refractivity contribution is 5.83. The number of hydrogen-bond donors (Lipinski definition) is 0. The minimum Gasteiger partial charge on any atom is -0.342 e. The average molecular weight is 449 g/mol. The molecule has 1 aromatic carbocycles. The van der Waals surface area contributed by atoms with Gasteiger partial charge in [-0.05, 0) is 58.9 Å². The lowest BCUT2D eigenvalue weighted by Crippen LogP contribution is -2.41. The van der Waals surface area contributed by atoms with E-state index in [1.54, 1.807) is 0 Å². The van der Waals surface area contributed by atoms with Gasteiger partial charge in [-0.2, -0.15) is 0 Å². The van der Waals surface area contributed by atoms with Crippen molar-refractivity contribution in [1.82, 2.24) is 19.8 Å². The van der Waals surface area contributed by atoms with Crippen molar-refractivity contribution in [3.63, 3.8) is 0 Å². The van der Waals surface area contributed by atoms with Crippen LogP contribution in [0.1, 0.15) is 78.3 Å². The maximum atomic E-state index is 13.2. The van der Waals surface area contributed by atoms with Gasteiger partial charge in [0, 0.05) is 49.0 Å². The number of benzene rings is 1. The number of hydrogen-bond acceptors (Lipinski definition) is 4. The maximum absolute atomic E-state index is 13.2. The Hall–Kier alpha value is -2.76. The van der Waals surface area contributed by atoms with Crippen LogP contribution < -0.4 is 0 Å². The molecule has 2 aliphatic heterocycles. The first-order valence-electron chi connectivity index (χ1n) is 12.3. The molecule has 2 saturated heterocycles. The van der Waals surface area contributed by atoms with Crippen molar-refractivity contribution in [3.05, 3.63) is 58.2 Å². The van der Waals surface area contributed by atoms with Crippen LogP contribution in [-0.4, -0.2) is 57.8 Å². The number of nitrogens with zero attached hydrogens (tertiary/aromatic N) is 4. The Morgan fingerprint density at radius 2 is 1.55 bits per heavy atom. The summed E-state index contributed by atoms with van der Waals surface area (Å²) >= 11 is 0. The molecule has 33 heavy (non-hydrogen) atoms. The van der Waals surface area contributed by atoms with E-state index in [-0.39, 0.29) is 23.7 Å². The largest absolute Gasteiger partial charge is 0.342 e. The van der Waals surface area contributed by atoms with E-state index in [9.17, 15) is 9.59 Å². The summed E-state index contributed by atoms with van der Waals surface area (Å²) in [6.07, 6.45) is 4.50. The molecule has 2 fully saturated rings. The Morgan fingerprint density at radius 1 is 0.939 bits per heavy atom. The lowest BCUT2D eigenvalue weighted by molar-refractivity contribution is -0.133. The zero-order chi connectivity index (χ0) is 23.5. The Bertz CT molecular complexity index is 988. The predicted molar refractivity (Wildman–Crippen MR) is 129 cm³/mol. The summed E-state index contributed by atoms with van der Waals surface area (Å²) in [6.45, 7) is 11.2. The lowest BCUT2D eigenvalue weighted by Gasteiger charge is -2.34. The van der Waals surface area contributed by atoms with Gasteiger partial charge in [-0.3, -0.25) is 9.59 Å². The van der Waals surface area contributed by atoms with E-state index in [2.05, 4.69) is 31.2 Å². The first-order valence-corrected chi connectivity index (χ1v) is 12.3. The van der Waals surface area contributed by atoms with Gasteiger partial charge in [-0.15, -0.1) is 0 Å². The standard InChI is InChI=1S/C27H36N4O2/c1-18-9-11-22(12-10-18)19(2)27(33)31-15-7-8-23(17-31)26-28-20(3)24(21(4)29-26)16-25(32)30-13-5-6-14-30/h9-12,19,23H,5-8,13-17H2,1-4H3/t19-,23-/m1/s1. The molecule has 2 amide bonds. The highest BCUT2D eigenvalue weighted by atomic mass is 16.2. The Morgan fingerprint density at radius 3 is 2.18 bits per heavy atom. The molecule has 3 heterocycles. The summed E-state index contributed by atoms with van der Waals surface area (Å²) in [7, 11) is 0. The van der Waals surface area contributed by atoms with Crippen molar-refractivity contribution < 1.29 is 9.59 Å². The Kier molecular flexibility index (Phi) is 7.11. The summed E-state index contributed by atoms with van der Waals surface area (Å²) in [5, 5.41) is 0. The number of aromatic nitrogens is 2. The summed E-state index contributed by atoms with van der Waals surface area (Å²) in [4.78, 5) is 39.5. The Balaban J connectivity index is 1.45. The van der Waals surface area contributed by atoms with Crippen molar-refractivity contribution in [1.29, 1.82) is 0 Å². The fourth-order valence-corrected chi connectivity index (χ4v) is 5.09. The molecule has 0 spiro atoms. The molecular formula is C27H36N4O2. The fourth-order valence-electron chi connectivity index (χ4n) is 5.09. The van der Waals surface area contributed by atoms with E-state index >= 15 is 0 Å². The van der Waals surface area contributed by atoms with Crippen molar-refractivity contribution in [3.8, 4) is 0 Å². The van der Waals surface area contributed by atoms with E-state index in [1.807, 2.05) is 30.6 Å². The molecule has 0 radical (unpaired) electrons. The van der Waals surface area contributed by atoms with Crippen molar-refractivity contribution >= 4 is 11.8 Å². The predicted octanol–water partition coefficient (Wildman–Crippen LogP) is 4.08. The maximum Gasteiger partial charge on any atom is 0.229 e. The zero-order valence-corrected chi connectivity index (χ0v) is 20.4. The summed E-state index contributed by atoms with van der Waals surface area (Å²) in [5.41, 5.74) is 4.99. The van der Waals surface area contributed by atoms with Crippen LogP contribution in [0, 0.1) is 20.8 Å². The average Bonchev–Trinajstić information content (AvgIpc) is 3.36. The highest BCUT2D eigenvalue weighted by Crippen LogP contribution is 2.29. The van der Waals surface area contributed by atoms with Crippen molar-refractivity contribution in [2.75, 3.05) is 26.2 Å². The van der Waals surface area contributed by atoms with E-state index in [1.165, 1.54) is 5.56 Å². The van der Waals surface area contributed by atoms with E-state index in [0.29, 0.717) is 13.0 Å². The number of rotatable bonds is 5. The van der Waals surface area contributed by atoms with Crippen LogP contribution in [0.15, 0.2) is 24.3 Å². The molecular weight excluding hydrogens is 412 g/mol. The lowest BCUT2D eigenvalue weighted by atomic mass is 9.93. The number of likely N-dealkylation sites (tertiary alicyclic amines) is 2. The second kappa shape index (κ2) is 10.0. The summed E-state index contributed by atoms with van der Waals surface area (Å²) < 4.78 is 0. The molecule has 6 heteroatoms. The van der Waals surface area contributed by atoms with E-state index in [0.717, 1.165) is 73.7 Å². The van der Waals surface area contributed by atoms with Gasteiger partial charge in [0.05, 0.1) is 12.3 Å². The van der Waals surface area contributed by atoms with Crippen LogP contribution in [0.25, 0.3) is 0 Å². The van der Waals surface area contributed by atoms with Crippen LogP contribution in [0.5, 0.6) is 0 Å². The van der Waals surface area contributed by atoms with Crippen LogP contribution in [0.2, 0.25) is 0 Å². The third-order valence-corrected chi connectivity index (χ3v) is 7.27. The highest BCUT2D eigenvalue weighted by Gasteiger charge is 2.30.